The van der Waals surface area contributed by atoms with E-state index in [1.165, 1.54) is 0 Å². The van der Waals surface area contributed by atoms with Crippen molar-refractivity contribution in [3.8, 4) is 0 Å². The molecule has 148 valence electrons. The van der Waals surface area contributed by atoms with Crippen molar-refractivity contribution in [2.75, 3.05) is 0 Å². The molecule has 1 fully saturated rings. The maximum Gasteiger partial charge on any atom is 0.326 e. The zero-order chi connectivity index (χ0) is 19.7. The van der Waals surface area contributed by atoms with Crippen molar-refractivity contribution in [2.24, 2.45) is 0 Å². The molecule has 0 saturated heterocycles. The number of nitrogens with zero attached hydrogens (tertiary/aromatic N) is 1. The lowest BCUT2D eigenvalue weighted by atomic mass is 9.86. The minimum atomic E-state index is -0.855. The van der Waals surface area contributed by atoms with E-state index in [0.717, 1.165) is 42.3 Å². The summed E-state index contributed by atoms with van der Waals surface area (Å²) in [5, 5.41) is 14.4. The van der Waals surface area contributed by atoms with Crippen molar-refractivity contribution < 1.29 is 5.11 Å². The Kier molecular flexibility index (Phi) is 5.13. The van der Waals surface area contributed by atoms with Gasteiger partial charge in [-0.05, 0) is 57.2 Å². The van der Waals surface area contributed by atoms with Gasteiger partial charge in [0.2, 0.25) is 0 Å². The minimum Gasteiger partial charge on any atom is -0.388 e. The molecule has 0 aliphatic heterocycles. The second kappa shape index (κ2) is 7.57. The third kappa shape index (κ3) is 3.77. The molecule has 1 atom stereocenters. The number of aromatic nitrogens is 2. The van der Waals surface area contributed by atoms with Gasteiger partial charge in [0, 0.05) is 12.1 Å². The second-order valence-corrected chi connectivity index (χ2v) is 8.49. The average molecular weight is 380 g/mol. The Hall–Kier alpha value is -2.37. The van der Waals surface area contributed by atoms with Crippen molar-refractivity contribution in [1.82, 2.24) is 14.9 Å². The lowest BCUT2D eigenvalue weighted by molar-refractivity contribution is 0.0292. The Bertz CT molecular complexity index is 976. The first kappa shape index (κ1) is 19.0. The van der Waals surface area contributed by atoms with Crippen LogP contribution in [0.1, 0.15) is 57.2 Å². The summed E-state index contributed by atoms with van der Waals surface area (Å²) in [5.41, 5.74) is 2.12. The van der Waals surface area contributed by atoms with Gasteiger partial charge in [0.25, 0.3) is 0 Å². The van der Waals surface area contributed by atoms with Gasteiger partial charge in [0.1, 0.15) is 0 Å². The highest BCUT2D eigenvalue weighted by atomic mass is 16.3. The SMILES string of the molecule is CC(C)(O)C(NC1CCC(n2c(=O)[nH]c3ccccc32)CC1)c1ccccc1. The number of H-pyrrole nitrogens is 1. The van der Waals surface area contributed by atoms with Crippen LogP contribution in [0.15, 0.2) is 59.4 Å². The molecule has 28 heavy (non-hydrogen) atoms. The van der Waals surface area contributed by atoms with Crippen LogP contribution in [0, 0.1) is 0 Å². The minimum absolute atomic E-state index is 0.0173. The van der Waals surface area contributed by atoms with Gasteiger partial charge in [-0.25, -0.2) is 4.79 Å². The lowest BCUT2D eigenvalue weighted by Crippen LogP contribution is -2.45. The number of para-hydroxylation sites is 2. The van der Waals surface area contributed by atoms with Crippen LogP contribution in [0.5, 0.6) is 0 Å². The highest BCUT2D eigenvalue weighted by molar-refractivity contribution is 5.75. The van der Waals surface area contributed by atoms with Crippen molar-refractivity contribution in [1.29, 1.82) is 0 Å². The van der Waals surface area contributed by atoms with E-state index < -0.39 is 5.60 Å². The first-order valence-corrected chi connectivity index (χ1v) is 10.2. The van der Waals surface area contributed by atoms with Gasteiger partial charge in [0.15, 0.2) is 0 Å². The fourth-order valence-electron chi connectivity index (χ4n) is 4.53. The normalized spacial score (nSPS) is 21.7. The molecule has 1 unspecified atom stereocenters. The summed E-state index contributed by atoms with van der Waals surface area (Å²) in [6.07, 6.45) is 3.87. The van der Waals surface area contributed by atoms with E-state index in [9.17, 15) is 9.90 Å². The Morgan fingerprint density at radius 3 is 2.36 bits per heavy atom. The largest absolute Gasteiger partial charge is 0.388 e. The molecule has 3 N–H and O–H groups in total. The number of nitrogens with one attached hydrogen (secondary N) is 2. The van der Waals surface area contributed by atoms with Crippen LogP contribution >= 0.6 is 0 Å². The molecule has 5 heteroatoms. The number of hydrogen-bond donors (Lipinski definition) is 3. The van der Waals surface area contributed by atoms with Gasteiger partial charge in [-0.3, -0.25) is 4.57 Å². The first-order valence-electron chi connectivity index (χ1n) is 10.2. The molecule has 0 radical (unpaired) electrons. The van der Waals surface area contributed by atoms with Gasteiger partial charge < -0.3 is 15.4 Å². The Labute approximate surface area is 165 Å². The Balaban J connectivity index is 1.48. The maximum absolute atomic E-state index is 12.5. The number of fused-ring (bicyclic) bond motifs is 1. The predicted molar refractivity (Wildman–Crippen MR) is 112 cm³/mol. The molecule has 1 aromatic heterocycles. The van der Waals surface area contributed by atoms with E-state index in [2.05, 4.69) is 22.4 Å². The molecule has 0 bridgehead atoms. The number of aromatic amines is 1. The third-order valence-corrected chi connectivity index (χ3v) is 5.93. The van der Waals surface area contributed by atoms with Crippen molar-refractivity contribution >= 4 is 11.0 Å². The van der Waals surface area contributed by atoms with Gasteiger partial charge in [-0.15, -0.1) is 0 Å². The molecule has 1 saturated carbocycles. The van der Waals surface area contributed by atoms with Crippen LogP contribution in [0.4, 0.5) is 0 Å². The summed E-state index contributed by atoms with van der Waals surface area (Å²) in [6, 6.07) is 18.5. The van der Waals surface area contributed by atoms with E-state index in [4.69, 9.17) is 0 Å². The zero-order valence-electron chi connectivity index (χ0n) is 16.6. The molecule has 0 spiro atoms. The molecule has 5 nitrogen and oxygen atoms in total. The molecule has 1 aliphatic carbocycles. The number of imidazole rings is 1. The van der Waals surface area contributed by atoms with Gasteiger partial charge in [0.05, 0.1) is 22.7 Å². The summed E-state index contributed by atoms with van der Waals surface area (Å²) >= 11 is 0. The average Bonchev–Trinajstić information content (AvgIpc) is 3.02. The van der Waals surface area contributed by atoms with Crippen molar-refractivity contribution in [3.05, 3.63) is 70.6 Å². The van der Waals surface area contributed by atoms with Crippen molar-refractivity contribution in [3.63, 3.8) is 0 Å². The smallest absolute Gasteiger partial charge is 0.326 e. The fourth-order valence-corrected chi connectivity index (χ4v) is 4.53. The Morgan fingerprint density at radius 2 is 1.68 bits per heavy atom. The van der Waals surface area contributed by atoms with Gasteiger partial charge >= 0.3 is 5.69 Å². The first-order chi connectivity index (χ1) is 13.4. The third-order valence-electron chi connectivity index (χ3n) is 5.93. The number of hydrogen-bond acceptors (Lipinski definition) is 3. The maximum atomic E-state index is 12.5. The monoisotopic (exact) mass is 379 g/mol. The molecule has 1 heterocycles. The molecule has 1 aliphatic rings. The van der Waals surface area contributed by atoms with E-state index in [1.807, 2.05) is 60.9 Å². The molecule has 0 amide bonds. The van der Waals surface area contributed by atoms with E-state index in [-0.39, 0.29) is 17.8 Å². The predicted octanol–water partition coefficient (Wildman–Crippen LogP) is 3.92. The molecule has 4 rings (SSSR count). The number of aliphatic hydroxyl groups is 1. The van der Waals surface area contributed by atoms with E-state index in [0.29, 0.717) is 6.04 Å². The number of rotatable bonds is 5. The zero-order valence-corrected chi connectivity index (χ0v) is 16.6. The van der Waals surface area contributed by atoms with Crippen LogP contribution in [-0.4, -0.2) is 26.3 Å². The second-order valence-electron chi connectivity index (χ2n) is 8.49. The standard InChI is InChI=1S/C23H29N3O2/c1-23(2,28)21(16-8-4-3-5-9-16)24-17-12-14-18(15-13-17)26-20-11-7-6-10-19(20)25-22(26)27/h3-11,17-18,21,24,28H,12-15H2,1-2H3,(H,25,27). The van der Waals surface area contributed by atoms with Crippen LogP contribution < -0.4 is 11.0 Å². The summed E-state index contributed by atoms with van der Waals surface area (Å²) in [5.74, 6) is 0. The number of benzene rings is 2. The summed E-state index contributed by atoms with van der Waals surface area (Å²) in [7, 11) is 0. The summed E-state index contributed by atoms with van der Waals surface area (Å²) < 4.78 is 1.93. The van der Waals surface area contributed by atoms with Crippen LogP contribution in [0.25, 0.3) is 11.0 Å². The van der Waals surface area contributed by atoms with E-state index in [1.54, 1.807) is 0 Å². The molecular weight excluding hydrogens is 350 g/mol. The quantitative estimate of drug-likeness (QED) is 0.629. The highest BCUT2D eigenvalue weighted by Gasteiger charge is 2.32. The van der Waals surface area contributed by atoms with Crippen LogP contribution in [-0.2, 0) is 0 Å². The summed E-state index contributed by atoms with van der Waals surface area (Å²) in [6.45, 7) is 3.71. The van der Waals surface area contributed by atoms with Crippen LogP contribution in [0.3, 0.4) is 0 Å². The Morgan fingerprint density at radius 1 is 1.04 bits per heavy atom. The van der Waals surface area contributed by atoms with Gasteiger partial charge in [-0.2, -0.15) is 0 Å². The molecule has 3 aromatic rings. The van der Waals surface area contributed by atoms with Crippen molar-refractivity contribution in [2.45, 2.75) is 63.3 Å². The fraction of sp³-hybridized carbons (Fsp3) is 0.435. The highest BCUT2D eigenvalue weighted by Crippen LogP contribution is 2.33. The van der Waals surface area contributed by atoms with Gasteiger partial charge in [-0.1, -0.05) is 42.5 Å². The summed E-state index contributed by atoms with van der Waals surface area (Å²) in [4.78, 5) is 15.4. The lowest BCUT2D eigenvalue weighted by Gasteiger charge is -2.37. The molecule has 2 aromatic carbocycles. The topological polar surface area (TPSA) is 70.0 Å². The van der Waals surface area contributed by atoms with Crippen LogP contribution in [0.2, 0.25) is 0 Å². The molecular formula is C23H29N3O2. The van der Waals surface area contributed by atoms with E-state index >= 15 is 0 Å².